The Morgan fingerprint density at radius 2 is 2.29 bits per heavy atom. The highest BCUT2D eigenvalue weighted by atomic mass is 35.5. The molecule has 0 amide bonds. The monoisotopic (exact) mass is 209 g/mol. The van der Waals surface area contributed by atoms with Gasteiger partial charge in [0.05, 0.1) is 0 Å². The molecule has 0 saturated heterocycles. The van der Waals surface area contributed by atoms with Gasteiger partial charge in [-0.3, -0.25) is 0 Å². The third kappa shape index (κ3) is 2.95. The molecule has 0 aliphatic heterocycles. The number of nitrogens with one attached hydrogen (secondary N) is 1. The van der Waals surface area contributed by atoms with Crippen LogP contribution in [-0.2, 0) is 6.54 Å². The summed E-state index contributed by atoms with van der Waals surface area (Å²) >= 11 is 5.90. The van der Waals surface area contributed by atoms with Crippen molar-refractivity contribution in [3.63, 3.8) is 0 Å². The third-order valence-electron chi connectivity index (χ3n) is 1.84. The summed E-state index contributed by atoms with van der Waals surface area (Å²) in [5.41, 5.74) is 0.714. The first kappa shape index (κ1) is 10.9. The Balaban J connectivity index is 2.54. The van der Waals surface area contributed by atoms with Crippen LogP contribution >= 0.6 is 11.6 Å². The summed E-state index contributed by atoms with van der Waals surface area (Å²) in [6, 6.07) is 5.08. The van der Waals surface area contributed by atoms with Crippen LogP contribution in [-0.4, -0.2) is 11.7 Å². The Labute approximate surface area is 88.9 Å². The lowest BCUT2D eigenvalue weighted by molar-refractivity contribution is 0.465. The van der Waals surface area contributed by atoms with E-state index in [9.17, 15) is 5.11 Å². The molecule has 0 spiro atoms. The number of hydrogen-bond acceptors (Lipinski definition) is 2. The van der Waals surface area contributed by atoms with Crippen molar-refractivity contribution in [1.29, 1.82) is 0 Å². The van der Waals surface area contributed by atoms with Crippen molar-refractivity contribution in [1.82, 2.24) is 5.32 Å². The van der Waals surface area contributed by atoms with E-state index in [2.05, 4.69) is 11.2 Å². The summed E-state index contributed by atoms with van der Waals surface area (Å²) in [7, 11) is 0. The van der Waals surface area contributed by atoms with Crippen LogP contribution in [0.2, 0.25) is 5.02 Å². The third-order valence-corrected chi connectivity index (χ3v) is 2.20. The number of hydrogen-bond donors (Lipinski definition) is 2. The molecular weight excluding hydrogens is 198 g/mol. The van der Waals surface area contributed by atoms with E-state index in [-0.39, 0.29) is 5.75 Å². The molecule has 2 N–H and O–H groups in total. The largest absolute Gasteiger partial charge is 0.508 e. The van der Waals surface area contributed by atoms with Crippen LogP contribution in [0.1, 0.15) is 12.0 Å². The van der Waals surface area contributed by atoms with Crippen LogP contribution in [0, 0.1) is 12.3 Å². The second-order valence-electron chi connectivity index (χ2n) is 2.87. The van der Waals surface area contributed by atoms with Gasteiger partial charge < -0.3 is 10.4 Å². The Morgan fingerprint density at radius 3 is 2.93 bits per heavy atom. The summed E-state index contributed by atoms with van der Waals surface area (Å²) in [6.07, 6.45) is 5.77. The molecule has 0 aliphatic carbocycles. The van der Waals surface area contributed by atoms with Crippen LogP contribution in [0.25, 0.3) is 0 Å². The van der Waals surface area contributed by atoms with E-state index in [4.69, 9.17) is 18.0 Å². The van der Waals surface area contributed by atoms with E-state index in [1.54, 1.807) is 18.2 Å². The van der Waals surface area contributed by atoms with Crippen LogP contribution in [0.3, 0.4) is 0 Å². The zero-order valence-electron chi connectivity index (χ0n) is 7.76. The van der Waals surface area contributed by atoms with E-state index in [1.807, 2.05) is 0 Å². The zero-order valence-corrected chi connectivity index (χ0v) is 8.51. The van der Waals surface area contributed by atoms with Crippen LogP contribution in [0.15, 0.2) is 18.2 Å². The molecule has 0 aliphatic rings. The maximum absolute atomic E-state index is 9.48. The zero-order chi connectivity index (χ0) is 10.4. The van der Waals surface area contributed by atoms with Gasteiger partial charge in [0.25, 0.3) is 0 Å². The lowest BCUT2D eigenvalue weighted by Gasteiger charge is -2.07. The van der Waals surface area contributed by atoms with Gasteiger partial charge in [0, 0.05) is 30.1 Å². The van der Waals surface area contributed by atoms with Crippen LogP contribution < -0.4 is 5.32 Å². The number of phenolic OH excluding ortho intramolecular Hbond substituents is 1. The summed E-state index contributed by atoms with van der Waals surface area (Å²) < 4.78 is 0. The molecule has 2 nitrogen and oxygen atoms in total. The first-order valence-corrected chi connectivity index (χ1v) is 4.74. The molecule has 0 saturated carbocycles. The summed E-state index contributed by atoms with van der Waals surface area (Å²) in [5.74, 6) is 2.74. The van der Waals surface area contributed by atoms with E-state index in [0.29, 0.717) is 23.6 Å². The number of phenols is 1. The smallest absolute Gasteiger partial charge is 0.121 e. The topological polar surface area (TPSA) is 32.3 Å². The van der Waals surface area contributed by atoms with Crippen LogP contribution in [0.5, 0.6) is 5.75 Å². The first-order valence-electron chi connectivity index (χ1n) is 4.36. The van der Waals surface area contributed by atoms with Crippen molar-refractivity contribution in [2.24, 2.45) is 0 Å². The van der Waals surface area contributed by atoms with E-state index in [0.717, 1.165) is 6.54 Å². The molecule has 0 bridgehead atoms. The highest BCUT2D eigenvalue weighted by Crippen LogP contribution is 2.24. The average Bonchev–Trinajstić information content (AvgIpc) is 2.16. The standard InChI is InChI=1S/C11H12ClNO/c1-2-3-7-13-8-9-10(12)5-4-6-11(9)14/h1,4-6,13-14H,3,7-8H2. The van der Waals surface area contributed by atoms with Crippen molar-refractivity contribution < 1.29 is 5.11 Å². The maximum Gasteiger partial charge on any atom is 0.121 e. The van der Waals surface area contributed by atoms with Crippen LogP contribution in [0.4, 0.5) is 0 Å². The number of terminal acetylenes is 1. The maximum atomic E-state index is 9.48. The van der Waals surface area contributed by atoms with Gasteiger partial charge in [0.2, 0.25) is 0 Å². The summed E-state index contributed by atoms with van der Waals surface area (Å²) in [6.45, 7) is 1.26. The second-order valence-corrected chi connectivity index (χ2v) is 3.28. The fraction of sp³-hybridized carbons (Fsp3) is 0.273. The molecule has 1 aromatic rings. The van der Waals surface area contributed by atoms with Gasteiger partial charge in [-0.15, -0.1) is 12.3 Å². The SMILES string of the molecule is C#CCCNCc1c(O)cccc1Cl. The van der Waals surface area contributed by atoms with Crippen molar-refractivity contribution in [3.8, 4) is 18.1 Å². The predicted octanol–water partition coefficient (Wildman–Crippen LogP) is 2.16. The Kier molecular flexibility index (Phi) is 4.31. The number of rotatable bonds is 4. The van der Waals surface area contributed by atoms with E-state index < -0.39 is 0 Å². The number of halogens is 1. The minimum Gasteiger partial charge on any atom is -0.508 e. The molecule has 0 radical (unpaired) electrons. The minimum absolute atomic E-state index is 0.214. The van der Waals surface area contributed by atoms with Gasteiger partial charge in [-0.2, -0.15) is 0 Å². The first-order chi connectivity index (χ1) is 6.75. The molecule has 0 atom stereocenters. The van der Waals surface area contributed by atoms with Gasteiger partial charge in [-0.05, 0) is 12.1 Å². The lowest BCUT2D eigenvalue weighted by atomic mass is 10.2. The normalized spacial score (nSPS) is 9.71. The lowest BCUT2D eigenvalue weighted by Crippen LogP contribution is -2.14. The summed E-state index contributed by atoms with van der Waals surface area (Å²) in [5, 5.41) is 13.1. The quantitative estimate of drug-likeness (QED) is 0.589. The van der Waals surface area contributed by atoms with Gasteiger partial charge >= 0.3 is 0 Å². The molecular formula is C11H12ClNO. The molecule has 0 heterocycles. The van der Waals surface area contributed by atoms with Crippen molar-refractivity contribution in [2.45, 2.75) is 13.0 Å². The molecule has 14 heavy (non-hydrogen) atoms. The van der Waals surface area contributed by atoms with Gasteiger partial charge in [0.1, 0.15) is 5.75 Å². The molecule has 3 heteroatoms. The molecule has 1 rings (SSSR count). The fourth-order valence-electron chi connectivity index (χ4n) is 1.10. The number of aromatic hydroxyl groups is 1. The fourth-order valence-corrected chi connectivity index (χ4v) is 1.33. The molecule has 0 fully saturated rings. The van der Waals surface area contributed by atoms with E-state index >= 15 is 0 Å². The highest BCUT2D eigenvalue weighted by molar-refractivity contribution is 6.31. The number of benzene rings is 1. The van der Waals surface area contributed by atoms with Crippen molar-refractivity contribution in [2.75, 3.05) is 6.54 Å². The average molecular weight is 210 g/mol. The highest BCUT2D eigenvalue weighted by Gasteiger charge is 2.04. The molecule has 1 aromatic carbocycles. The predicted molar refractivity (Wildman–Crippen MR) is 58.3 cm³/mol. The molecule has 0 unspecified atom stereocenters. The van der Waals surface area contributed by atoms with Gasteiger partial charge in [-0.25, -0.2) is 0 Å². The molecule has 74 valence electrons. The van der Waals surface area contributed by atoms with E-state index in [1.165, 1.54) is 0 Å². The Hall–Kier alpha value is -1.17. The minimum atomic E-state index is 0.214. The van der Waals surface area contributed by atoms with Crippen molar-refractivity contribution >= 4 is 11.6 Å². The van der Waals surface area contributed by atoms with Crippen molar-refractivity contribution in [3.05, 3.63) is 28.8 Å². The Bertz CT molecular complexity index is 323. The summed E-state index contributed by atoms with van der Waals surface area (Å²) in [4.78, 5) is 0. The van der Waals surface area contributed by atoms with Gasteiger partial charge in [0.15, 0.2) is 0 Å². The second kappa shape index (κ2) is 5.54. The molecule has 0 aromatic heterocycles. The Morgan fingerprint density at radius 1 is 1.50 bits per heavy atom. The van der Waals surface area contributed by atoms with Gasteiger partial charge in [-0.1, -0.05) is 17.7 Å².